The number of urea groups is 1. The summed E-state index contributed by atoms with van der Waals surface area (Å²) >= 11 is 0. The maximum Gasteiger partial charge on any atom is 0.312 e. The number of fused-ring (bicyclic) bond motifs is 6. The molecule has 1 aromatic rings. The molecule has 4 unspecified atom stereocenters. The molecule has 11 rings (SSSR count). The molecule has 21 atom stereocenters. The van der Waals surface area contributed by atoms with Gasteiger partial charge in [-0.1, -0.05) is 51.2 Å². The number of primary amides is 1. The number of anilines is 1. The Morgan fingerprint density at radius 3 is 2.18 bits per heavy atom. The van der Waals surface area contributed by atoms with Crippen molar-refractivity contribution in [2.24, 2.45) is 34.5 Å². The molecule has 10 aliphatic heterocycles. The van der Waals surface area contributed by atoms with Crippen molar-refractivity contribution in [2.75, 3.05) is 78.4 Å². The summed E-state index contributed by atoms with van der Waals surface area (Å²) in [7, 11) is 1.60. The van der Waals surface area contributed by atoms with Crippen molar-refractivity contribution in [1.82, 2.24) is 10.6 Å². The number of carbonyl (C=O) groups is 6. The second-order valence-corrected chi connectivity index (χ2v) is 28.8. The minimum absolute atomic E-state index is 0.00511. The number of nitrogens with one attached hydrogen (secondary N) is 3. The van der Waals surface area contributed by atoms with Gasteiger partial charge < -0.3 is 93.1 Å². The molecule has 100 heavy (non-hydrogen) atoms. The number of esters is 1. The van der Waals surface area contributed by atoms with Crippen LogP contribution in [0.2, 0.25) is 0 Å². The van der Waals surface area contributed by atoms with Crippen molar-refractivity contribution < 1.29 is 100 Å². The average Bonchev–Trinajstić information content (AvgIpc) is 1.55. The van der Waals surface area contributed by atoms with E-state index in [1.54, 1.807) is 45.2 Å². The van der Waals surface area contributed by atoms with Crippen molar-refractivity contribution in [3.8, 4) is 0 Å². The van der Waals surface area contributed by atoms with Crippen molar-refractivity contribution >= 4 is 41.1 Å². The second kappa shape index (κ2) is 37.3. The molecule has 10 fully saturated rings. The van der Waals surface area contributed by atoms with Crippen LogP contribution in [0.25, 0.3) is 10.4 Å². The Hall–Kier alpha value is -5.53. The summed E-state index contributed by atoms with van der Waals surface area (Å²) in [6.45, 7) is 17.5. The van der Waals surface area contributed by atoms with E-state index in [1.807, 2.05) is 0 Å². The molecule has 0 aromatic heterocycles. The molecule has 10 aliphatic rings. The van der Waals surface area contributed by atoms with Crippen LogP contribution in [0.5, 0.6) is 0 Å². The van der Waals surface area contributed by atoms with E-state index in [1.165, 1.54) is 0 Å². The zero-order chi connectivity index (χ0) is 70.9. The van der Waals surface area contributed by atoms with Gasteiger partial charge in [0, 0.05) is 100 Å². The number of Topliss-reactive ketones (excluding diaryl/α,β-unsaturated/α-hetero) is 2. The summed E-state index contributed by atoms with van der Waals surface area (Å²) in [4.78, 5) is 82.7. The van der Waals surface area contributed by atoms with Crippen LogP contribution in [0, 0.1) is 23.7 Å². The number of hydrogen-bond donors (Lipinski definition) is 5. The number of ether oxygens (including phenoxy) is 14. The molecule has 1 spiro atoms. The van der Waals surface area contributed by atoms with Crippen LogP contribution in [0.1, 0.15) is 148 Å². The molecule has 4 amide bonds. The van der Waals surface area contributed by atoms with E-state index >= 15 is 0 Å². The number of amides is 4. The summed E-state index contributed by atoms with van der Waals surface area (Å²) in [5, 5.41) is 23.2. The molecular formula is C72H107N7O21. The fourth-order valence-corrected chi connectivity index (χ4v) is 15.9. The van der Waals surface area contributed by atoms with Gasteiger partial charge in [-0.2, -0.15) is 0 Å². The fraction of sp³-hybridized carbons (Fsp3) is 0.778. The summed E-state index contributed by atoms with van der Waals surface area (Å²) in [6, 6.07) is 5.10. The zero-order valence-electron chi connectivity index (χ0n) is 58.6. The number of methoxy groups -OCH3 is 1. The minimum Gasteiger partial charge on any atom is -0.461 e. The summed E-state index contributed by atoms with van der Waals surface area (Å²) in [5.74, 6) is -3.90. The van der Waals surface area contributed by atoms with Gasteiger partial charge in [0.2, 0.25) is 11.8 Å². The Morgan fingerprint density at radius 1 is 0.760 bits per heavy atom. The normalized spacial score (nSPS) is 33.2. The van der Waals surface area contributed by atoms with Crippen LogP contribution in [0.4, 0.5) is 10.5 Å². The van der Waals surface area contributed by atoms with Crippen molar-refractivity contribution in [3.05, 3.63) is 64.6 Å². The maximum absolute atomic E-state index is 14.6. The number of nitrogens with zero attached hydrogens (tertiary/aromatic N) is 3. The fourth-order valence-electron chi connectivity index (χ4n) is 15.9. The Labute approximate surface area is 586 Å². The molecule has 10 heterocycles. The smallest absolute Gasteiger partial charge is 0.312 e. The number of ketones is 2. The Balaban J connectivity index is 0.690. The van der Waals surface area contributed by atoms with Gasteiger partial charge in [-0.05, 0) is 110 Å². The number of hydrogen-bond acceptors (Lipinski definition) is 22. The number of aliphatic hydroxyl groups excluding tert-OH is 1. The first-order valence-electron chi connectivity index (χ1n) is 36.4. The highest BCUT2D eigenvalue weighted by Crippen LogP contribution is 2.55. The number of nitrogens with two attached hydrogens (primary N) is 1. The molecule has 28 nitrogen and oxygen atoms in total. The molecule has 28 heteroatoms. The molecule has 10 saturated heterocycles. The van der Waals surface area contributed by atoms with Gasteiger partial charge in [0.15, 0.2) is 11.6 Å². The van der Waals surface area contributed by atoms with Crippen LogP contribution in [-0.4, -0.2) is 223 Å². The first-order chi connectivity index (χ1) is 48.2. The standard InChI is InChI=1S/C72H107N7O21/c1-41(2)63(78-61(83)20-24-88-26-28-90-30-31-91-29-27-89-25-23-76-79-74)54(82)34-46(8-7-22-75-71(73)86)70(85)77-47-11-9-45(10-12-47)40-92-62(84)18-13-48(80)37-59-64(87-6)53-36-49(81)35-51-15-17-56-65(95-51)69-68-67(97-56)66-60(98-68)39-72(99-66,100-69)21-19-52-33-43(4)55(93-52)16-14-50-32-42(3)44(5)57(94-50)38-58(53)96-59/h9-12,41-42,46,48,50-53,55-60,63-69,80H,4-5,7-8,13-40H2,1-3,6H3,(H,77,85)(H,78,83)(H3,73,75,86)/t42-,46-,48-,50?,51?,52+,53+,55+,56+,57-,58+,59-,60?,63+,64-,65+,66?,67+,68-,69+,72+/m1/s1. The lowest BCUT2D eigenvalue weighted by atomic mass is 9.81. The maximum atomic E-state index is 14.6. The van der Waals surface area contributed by atoms with Gasteiger partial charge in [0.05, 0.1) is 126 Å². The van der Waals surface area contributed by atoms with Crippen molar-refractivity contribution in [1.29, 1.82) is 0 Å². The quantitative estimate of drug-likeness (QED) is 0.0117. The van der Waals surface area contributed by atoms with Crippen LogP contribution in [0.3, 0.4) is 0 Å². The number of carbonyl (C=O) groups excluding carboxylic acids is 6. The molecule has 556 valence electrons. The monoisotopic (exact) mass is 1410 g/mol. The largest absolute Gasteiger partial charge is 0.461 e. The van der Waals surface area contributed by atoms with Gasteiger partial charge in [-0.25, -0.2) is 4.79 Å². The Bertz CT molecular complexity index is 2980. The molecule has 0 radical (unpaired) electrons. The Morgan fingerprint density at radius 2 is 1.45 bits per heavy atom. The topological polar surface area (TPSA) is 363 Å². The van der Waals surface area contributed by atoms with E-state index in [4.69, 9.17) is 77.6 Å². The van der Waals surface area contributed by atoms with E-state index < -0.39 is 84.1 Å². The minimum atomic E-state index is -0.986. The third-order valence-corrected chi connectivity index (χ3v) is 21.2. The van der Waals surface area contributed by atoms with Gasteiger partial charge in [-0.3, -0.25) is 24.0 Å². The van der Waals surface area contributed by atoms with Gasteiger partial charge in [0.1, 0.15) is 42.9 Å². The predicted molar refractivity (Wildman–Crippen MR) is 360 cm³/mol. The zero-order valence-corrected chi connectivity index (χ0v) is 58.6. The molecule has 0 saturated carbocycles. The second-order valence-electron chi connectivity index (χ2n) is 28.8. The van der Waals surface area contributed by atoms with Gasteiger partial charge in [0.25, 0.3) is 0 Å². The van der Waals surface area contributed by atoms with Crippen LogP contribution < -0.4 is 21.7 Å². The first-order valence-corrected chi connectivity index (χ1v) is 36.4. The number of benzene rings is 1. The van der Waals surface area contributed by atoms with Crippen LogP contribution in [-0.2, 0) is 96.9 Å². The molecule has 0 aliphatic carbocycles. The van der Waals surface area contributed by atoms with Crippen molar-refractivity contribution in [3.63, 3.8) is 0 Å². The van der Waals surface area contributed by atoms with E-state index in [-0.39, 0.29) is 175 Å². The number of azide groups is 1. The van der Waals surface area contributed by atoms with Crippen molar-refractivity contribution in [2.45, 2.75) is 259 Å². The third-order valence-electron chi connectivity index (χ3n) is 21.2. The van der Waals surface area contributed by atoms with E-state index in [0.717, 1.165) is 43.3 Å². The highest BCUT2D eigenvalue weighted by molar-refractivity contribution is 5.97. The summed E-state index contributed by atoms with van der Waals surface area (Å²) in [6.07, 6.45) is 2.11. The average molecular weight is 1410 g/mol. The molecule has 6 N–H and O–H groups in total. The molecular weight excluding hydrogens is 1300 g/mol. The van der Waals surface area contributed by atoms with Gasteiger partial charge in [-0.15, -0.1) is 0 Å². The number of rotatable bonds is 34. The lowest BCUT2D eigenvalue weighted by molar-refractivity contribution is -0.292. The predicted octanol–water partition coefficient (Wildman–Crippen LogP) is 6.87. The highest BCUT2D eigenvalue weighted by atomic mass is 16.8. The van der Waals surface area contributed by atoms with E-state index in [2.05, 4.69) is 46.1 Å². The lowest BCUT2D eigenvalue weighted by Gasteiger charge is -2.47. The highest BCUT2D eigenvalue weighted by Gasteiger charge is 2.69. The summed E-state index contributed by atoms with van der Waals surface area (Å²) < 4.78 is 88.4. The summed E-state index contributed by atoms with van der Waals surface area (Å²) in [5.41, 5.74) is 16.7. The van der Waals surface area contributed by atoms with Gasteiger partial charge >= 0.3 is 12.0 Å². The lowest BCUT2D eigenvalue weighted by Crippen LogP contribution is -2.61. The first kappa shape index (κ1) is 77.1. The van der Waals surface area contributed by atoms with Crippen LogP contribution in [0.15, 0.2) is 53.7 Å². The third kappa shape index (κ3) is 21.1. The SMILES string of the molecule is C=C1C[C@@H]2CC[C@@]34CC5O[C@H]6[C@@H](O3)[C@H]3OC(CC[C@@H]3O[C@H]6C5O4)CC(=O)C[C@@H]3[C@@H](OC)[C@@H](C[C@H](O)CCC(=O)OCc4ccc(NC(=O)[C@H](CCCNC(N)=O)CC(=O)[C@@H](NC(=O)CCOCCOCCOCCOCCN=[N+]=[N-])C(C)C)cc4)O[C@H]3C[C@H]3OC(CC[C@@H]1O2)C[C@@H](C)C3=C. The molecule has 12 bridgehead atoms. The molecule has 1 aromatic carbocycles. The Kier molecular flexibility index (Phi) is 28.7. The number of aliphatic hydroxyl groups is 1. The van der Waals surface area contributed by atoms with E-state index in [9.17, 15) is 33.9 Å². The van der Waals surface area contributed by atoms with Crippen LogP contribution >= 0.6 is 0 Å². The van der Waals surface area contributed by atoms with E-state index in [0.29, 0.717) is 82.8 Å².